The van der Waals surface area contributed by atoms with E-state index in [1.165, 1.54) is 11.1 Å². The Bertz CT molecular complexity index is 1180. The van der Waals surface area contributed by atoms with Gasteiger partial charge in [-0.25, -0.2) is 0 Å². The van der Waals surface area contributed by atoms with Crippen molar-refractivity contribution in [2.45, 2.75) is 0 Å². The third-order valence-electron chi connectivity index (χ3n) is 5.19. The minimum absolute atomic E-state index is 0.956. The Hall–Kier alpha value is -4.04. The molecule has 0 N–H and O–H groups in total. The highest BCUT2D eigenvalue weighted by atomic mass is 14.7. The van der Waals surface area contributed by atoms with E-state index in [1.54, 1.807) is 0 Å². The van der Waals surface area contributed by atoms with Crippen molar-refractivity contribution in [3.8, 4) is 44.8 Å². The van der Waals surface area contributed by atoms with Crippen molar-refractivity contribution in [3.05, 3.63) is 122 Å². The number of hydrogen-bond donors (Lipinski definition) is 0. The summed E-state index contributed by atoms with van der Waals surface area (Å²) in [5, 5.41) is 0. The summed E-state index contributed by atoms with van der Waals surface area (Å²) in [5.74, 6) is 0. The molecule has 30 heavy (non-hydrogen) atoms. The van der Waals surface area contributed by atoms with Crippen LogP contribution in [-0.4, -0.2) is 9.97 Å². The smallest absolute Gasteiger partial charge is 0.0708 e. The third kappa shape index (κ3) is 3.76. The van der Waals surface area contributed by atoms with Crippen LogP contribution in [0.4, 0.5) is 0 Å². The van der Waals surface area contributed by atoms with Crippen LogP contribution < -0.4 is 0 Å². The first-order chi connectivity index (χ1) is 14.9. The zero-order chi connectivity index (χ0) is 20.2. The normalized spacial score (nSPS) is 10.7. The standard InChI is InChI=1S/C28H20N2/c1-3-8-21(9-4-1)23-14-16-29-27(19-23)25-12-7-13-26(18-25)28-20-24(15-17-30-28)22-10-5-2-6-11-22/h1-20H. The minimum Gasteiger partial charge on any atom is -0.256 e. The number of nitrogens with zero attached hydrogens (tertiary/aromatic N) is 2. The van der Waals surface area contributed by atoms with E-state index in [0.717, 1.165) is 33.6 Å². The number of aromatic nitrogens is 2. The predicted octanol–water partition coefficient (Wildman–Crippen LogP) is 7.14. The maximum Gasteiger partial charge on any atom is 0.0708 e. The Labute approximate surface area is 176 Å². The lowest BCUT2D eigenvalue weighted by Crippen LogP contribution is -1.88. The average Bonchev–Trinajstić information content (AvgIpc) is 2.85. The largest absolute Gasteiger partial charge is 0.256 e. The van der Waals surface area contributed by atoms with Gasteiger partial charge in [0, 0.05) is 23.5 Å². The Kier molecular flexibility index (Phi) is 4.89. The molecule has 0 saturated carbocycles. The van der Waals surface area contributed by atoms with Crippen molar-refractivity contribution in [2.24, 2.45) is 0 Å². The van der Waals surface area contributed by atoms with Gasteiger partial charge in [0.2, 0.25) is 0 Å². The molecule has 5 rings (SSSR count). The van der Waals surface area contributed by atoms with E-state index in [2.05, 4.69) is 94.9 Å². The van der Waals surface area contributed by atoms with E-state index in [4.69, 9.17) is 0 Å². The highest BCUT2D eigenvalue weighted by molar-refractivity contribution is 5.75. The second-order valence-electron chi connectivity index (χ2n) is 7.17. The van der Waals surface area contributed by atoms with Crippen molar-refractivity contribution in [3.63, 3.8) is 0 Å². The van der Waals surface area contributed by atoms with Crippen molar-refractivity contribution in [2.75, 3.05) is 0 Å². The third-order valence-corrected chi connectivity index (χ3v) is 5.19. The molecule has 142 valence electrons. The van der Waals surface area contributed by atoms with Crippen molar-refractivity contribution < 1.29 is 0 Å². The molecular weight excluding hydrogens is 364 g/mol. The van der Waals surface area contributed by atoms with Crippen LogP contribution in [0.5, 0.6) is 0 Å². The van der Waals surface area contributed by atoms with Crippen molar-refractivity contribution >= 4 is 0 Å². The average molecular weight is 384 g/mol. The van der Waals surface area contributed by atoms with Gasteiger partial charge < -0.3 is 0 Å². The SMILES string of the molecule is c1ccc(-c2ccnc(-c3cccc(-c4cc(-c5ccccc5)ccn4)c3)c2)cc1. The summed E-state index contributed by atoms with van der Waals surface area (Å²) in [6.07, 6.45) is 3.75. The molecule has 0 bridgehead atoms. The lowest BCUT2D eigenvalue weighted by Gasteiger charge is -2.08. The van der Waals surface area contributed by atoms with E-state index in [0.29, 0.717) is 0 Å². The van der Waals surface area contributed by atoms with E-state index in [9.17, 15) is 0 Å². The Morgan fingerprint density at radius 1 is 0.333 bits per heavy atom. The van der Waals surface area contributed by atoms with E-state index in [-0.39, 0.29) is 0 Å². The number of hydrogen-bond acceptors (Lipinski definition) is 2. The zero-order valence-electron chi connectivity index (χ0n) is 16.4. The number of rotatable bonds is 4. The summed E-state index contributed by atoms with van der Waals surface area (Å²) < 4.78 is 0. The maximum absolute atomic E-state index is 4.61. The molecule has 2 nitrogen and oxygen atoms in total. The van der Waals surface area contributed by atoms with Crippen LogP contribution in [0.25, 0.3) is 44.8 Å². The van der Waals surface area contributed by atoms with Gasteiger partial charge in [0.05, 0.1) is 11.4 Å². The van der Waals surface area contributed by atoms with Gasteiger partial charge in [0.1, 0.15) is 0 Å². The molecule has 2 heterocycles. The summed E-state index contributed by atoms with van der Waals surface area (Å²) in [6, 6.07) is 37.6. The van der Waals surface area contributed by atoms with Crippen LogP contribution in [0.1, 0.15) is 0 Å². The van der Waals surface area contributed by atoms with Gasteiger partial charge >= 0.3 is 0 Å². The van der Waals surface area contributed by atoms with Crippen LogP contribution >= 0.6 is 0 Å². The van der Waals surface area contributed by atoms with Gasteiger partial charge in [-0.3, -0.25) is 9.97 Å². The molecule has 0 aliphatic heterocycles. The number of benzene rings is 3. The first kappa shape index (κ1) is 18.0. The fourth-order valence-electron chi connectivity index (χ4n) is 3.63. The summed E-state index contributed by atoms with van der Waals surface area (Å²) >= 11 is 0. The molecule has 3 aromatic carbocycles. The molecule has 0 atom stereocenters. The van der Waals surface area contributed by atoms with Crippen LogP contribution in [0.3, 0.4) is 0 Å². The van der Waals surface area contributed by atoms with Crippen LogP contribution in [-0.2, 0) is 0 Å². The maximum atomic E-state index is 4.61. The summed E-state index contributed by atoms with van der Waals surface area (Å²) in [7, 11) is 0. The first-order valence-corrected chi connectivity index (χ1v) is 10.0. The van der Waals surface area contributed by atoms with Crippen LogP contribution in [0.15, 0.2) is 122 Å². The molecule has 2 heteroatoms. The van der Waals surface area contributed by atoms with Gasteiger partial charge in [-0.2, -0.15) is 0 Å². The van der Waals surface area contributed by atoms with Crippen LogP contribution in [0.2, 0.25) is 0 Å². The fourth-order valence-corrected chi connectivity index (χ4v) is 3.63. The molecule has 0 aliphatic carbocycles. The van der Waals surface area contributed by atoms with Gasteiger partial charge in [-0.1, -0.05) is 78.9 Å². The van der Waals surface area contributed by atoms with E-state index in [1.807, 2.05) is 36.7 Å². The molecule has 0 amide bonds. The second kappa shape index (κ2) is 8.14. The molecule has 0 radical (unpaired) electrons. The Morgan fingerprint density at radius 2 is 0.767 bits per heavy atom. The number of pyridine rings is 2. The zero-order valence-corrected chi connectivity index (χ0v) is 16.4. The van der Waals surface area contributed by atoms with Gasteiger partial charge in [0.25, 0.3) is 0 Å². The van der Waals surface area contributed by atoms with Gasteiger partial charge in [-0.05, 0) is 52.6 Å². The molecule has 0 aliphatic rings. The van der Waals surface area contributed by atoms with Gasteiger partial charge in [0.15, 0.2) is 0 Å². The Morgan fingerprint density at radius 3 is 1.23 bits per heavy atom. The Balaban J connectivity index is 1.52. The molecule has 2 aromatic heterocycles. The fraction of sp³-hybridized carbons (Fsp3) is 0. The van der Waals surface area contributed by atoms with Crippen LogP contribution in [0, 0.1) is 0 Å². The van der Waals surface area contributed by atoms with Crippen molar-refractivity contribution in [1.82, 2.24) is 9.97 Å². The lowest BCUT2D eigenvalue weighted by molar-refractivity contribution is 1.31. The minimum atomic E-state index is 0.956. The lowest BCUT2D eigenvalue weighted by atomic mass is 10.00. The molecule has 0 saturated heterocycles. The van der Waals surface area contributed by atoms with E-state index < -0.39 is 0 Å². The first-order valence-electron chi connectivity index (χ1n) is 10.0. The second-order valence-corrected chi connectivity index (χ2v) is 7.17. The monoisotopic (exact) mass is 384 g/mol. The highest BCUT2D eigenvalue weighted by Crippen LogP contribution is 2.29. The molecule has 0 unspecified atom stereocenters. The summed E-state index contributed by atoms with van der Waals surface area (Å²) in [6.45, 7) is 0. The predicted molar refractivity (Wildman–Crippen MR) is 124 cm³/mol. The quantitative estimate of drug-likeness (QED) is 0.329. The molecule has 5 aromatic rings. The highest BCUT2D eigenvalue weighted by Gasteiger charge is 2.07. The summed E-state index contributed by atoms with van der Waals surface area (Å²) in [5.41, 5.74) is 8.78. The summed E-state index contributed by atoms with van der Waals surface area (Å²) in [4.78, 5) is 9.23. The molecular formula is C28H20N2. The van der Waals surface area contributed by atoms with Crippen molar-refractivity contribution in [1.29, 1.82) is 0 Å². The molecule has 0 fully saturated rings. The molecule has 0 spiro atoms. The topological polar surface area (TPSA) is 25.8 Å². The van der Waals surface area contributed by atoms with Gasteiger partial charge in [-0.15, -0.1) is 0 Å². The van der Waals surface area contributed by atoms with E-state index >= 15 is 0 Å².